The fourth-order valence-electron chi connectivity index (χ4n) is 2.32. The summed E-state index contributed by atoms with van der Waals surface area (Å²) >= 11 is 0. The fraction of sp³-hybridized carbons (Fsp3) is 0.750. The number of hydrogen-bond donors (Lipinski definition) is 1. The van der Waals surface area contributed by atoms with Crippen LogP contribution >= 0.6 is 0 Å². The molecule has 0 saturated heterocycles. The zero-order chi connectivity index (χ0) is 11.1. The topological polar surface area (TPSA) is 29.9 Å². The molecule has 0 unspecified atom stereocenters. The minimum atomic E-state index is 0.0375. The Balaban J connectivity index is 2.34. The van der Waals surface area contributed by atoms with Crippen LogP contribution in [-0.4, -0.2) is 16.1 Å². The van der Waals surface area contributed by atoms with Gasteiger partial charge in [0.1, 0.15) is 0 Å². The van der Waals surface area contributed by atoms with E-state index in [9.17, 15) is 0 Å². The van der Waals surface area contributed by atoms with Gasteiger partial charge < -0.3 is 9.88 Å². The molecule has 1 N–H and O–H groups in total. The highest BCUT2D eigenvalue weighted by molar-refractivity contribution is 5.24. The van der Waals surface area contributed by atoms with E-state index in [0.717, 1.165) is 19.5 Å². The van der Waals surface area contributed by atoms with Gasteiger partial charge in [-0.2, -0.15) is 0 Å². The zero-order valence-electron chi connectivity index (χ0n) is 10.2. The minimum Gasteiger partial charge on any atom is -0.334 e. The summed E-state index contributed by atoms with van der Waals surface area (Å²) in [6, 6.07) is 0. The molecule has 0 fully saturated rings. The average Bonchev–Trinajstić information content (AvgIpc) is 2.48. The number of hydrogen-bond acceptors (Lipinski definition) is 2. The second-order valence-corrected chi connectivity index (χ2v) is 5.39. The van der Waals surface area contributed by atoms with Crippen molar-refractivity contribution in [1.82, 2.24) is 14.9 Å². The van der Waals surface area contributed by atoms with Crippen molar-refractivity contribution in [3.8, 4) is 0 Å². The molecule has 0 spiro atoms. The van der Waals surface area contributed by atoms with Gasteiger partial charge >= 0.3 is 0 Å². The fourth-order valence-corrected chi connectivity index (χ4v) is 2.32. The lowest BCUT2D eigenvalue weighted by molar-refractivity contribution is 0.364. The Bertz CT molecular complexity index is 350. The van der Waals surface area contributed by atoms with Crippen LogP contribution in [0.2, 0.25) is 0 Å². The maximum Gasteiger partial charge on any atom is 0.0952 e. The largest absolute Gasteiger partial charge is 0.334 e. The molecule has 2 heterocycles. The van der Waals surface area contributed by atoms with Gasteiger partial charge in [0, 0.05) is 25.2 Å². The van der Waals surface area contributed by atoms with Crippen LogP contribution in [0, 0.1) is 5.92 Å². The maximum atomic E-state index is 4.56. The third-order valence-corrected chi connectivity index (χ3v) is 3.03. The second-order valence-electron chi connectivity index (χ2n) is 5.39. The van der Waals surface area contributed by atoms with Gasteiger partial charge in [-0.1, -0.05) is 13.8 Å². The molecule has 1 aliphatic heterocycles. The molecule has 0 bridgehead atoms. The van der Waals surface area contributed by atoms with E-state index in [-0.39, 0.29) is 5.54 Å². The summed E-state index contributed by atoms with van der Waals surface area (Å²) < 4.78 is 2.32. The molecular formula is C12H21N3. The molecule has 84 valence electrons. The molecule has 1 aliphatic rings. The summed E-state index contributed by atoms with van der Waals surface area (Å²) in [5.74, 6) is 0.682. The molecule has 15 heavy (non-hydrogen) atoms. The zero-order valence-corrected chi connectivity index (χ0v) is 10.2. The number of nitrogens with zero attached hydrogens (tertiary/aromatic N) is 2. The molecule has 0 saturated carbocycles. The van der Waals surface area contributed by atoms with E-state index in [2.05, 4.69) is 42.6 Å². The molecule has 0 atom stereocenters. The van der Waals surface area contributed by atoms with E-state index in [1.807, 2.05) is 6.33 Å². The van der Waals surface area contributed by atoms with Crippen molar-refractivity contribution >= 4 is 0 Å². The number of imidazole rings is 1. The molecule has 0 aliphatic carbocycles. The van der Waals surface area contributed by atoms with Gasteiger partial charge in [-0.15, -0.1) is 0 Å². The van der Waals surface area contributed by atoms with Crippen molar-refractivity contribution < 1.29 is 0 Å². The van der Waals surface area contributed by atoms with E-state index >= 15 is 0 Å². The van der Waals surface area contributed by atoms with Crippen molar-refractivity contribution in [3.05, 3.63) is 17.7 Å². The molecular weight excluding hydrogens is 186 g/mol. The van der Waals surface area contributed by atoms with Gasteiger partial charge in [0.15, 0.2) is 0 Å². The molecule has 1 aromatic heterocycles. The molecule has 1 aromatic rings. The summed E-state index contributed by atoms with van der Waals surface area (Å²) in [4.78, 5) is 4.56. The Morgan fingerprint density at radius 2 is 2.27 bits per heavy atom. The predicted octanol–water partition coefficient (Wildman–Crippen LogP) is 1.92. The molecule has 3 heteroatoms. The highest BCUT2D eigenvalue weighted by atomic mass is 15.1. The van der Waals surface area contributed by atoms with Crippen LogP contribution in [0.25, 0.3) is 0 Å². The smallest absolute Gasteiger partial charge is 0.0952 e. The first-order valence-corrected chi connectivity index (χ1v) is 5.80. The van der Waals surface area contributed by atoms with Crippen molar-refractivity contribution in [2.24, 2.45) is 5.92 Å². The molecule has 2 rings (SSSR count). The van der Waals surface area contributed by atoms with E-state index in [0.29, 0.717) is 5.92 Å². The van der Waals surface area contributed by atoms with Crippen LogP contribution in [0.15, 0.2) is 6.33 Å². The summed E-state index contributed by atoms with van der Waals surface area (Å²) in [6.45, 7) is 11.1. The van der Waals surface area contributed by atoms with Crippen molar-refractivity contribution in [2.45, 2.75) is 46.2 Å². The van der Waals surface area contributed by atoms with E-state index in [1.54, 1.807) is 0 Å². The van der Waals surface area contributed by atoms with Gasteiger partial charge in [-0.05, 0) is 19.8 Å². The quantitative estimate of drug-likeness (QED) is 0.803. The summed E-state index contributed by atoms with van der Waals surface area (Å²) in [7, 11) is 0. The SMILES string of the molecule is CC(C)Cn1cnc2c1CCNC2(C)C. The summed E-state index contributed by atoms with van der Waals surface area (Å²) in [5, 5.41) is 3.51. The summed E-state index contributed by atoms with van der Waals surface area (Å²) in [6.07, 6.45) is 3.10. The summed E-state index contributed by atoms with van der Waals surface area (Å²) in [5.41, 5.74) is 2.69. The second kappa shape index (κ2) is 3.63. The number of aromatic nitrogens is 2. The third-order valence-electron chi connectivity index (χ3n) is 3.03. The standard InChI is InChI=1S/C12H21N3/c1-9(2)7-15-8-13-11-10(15)5-6-14-12(11,3)4/h8-9,14H,5-7H2,1-4H3. The van der Waals surface area contributed by atoms with Gasteiger partial charge in [-0.3, -0.25) is 0 Å². The van der Waals surface area contributed by atoms with E-state index in [1.165, 1.54) is 11.4 Å². The van der Waals surface area contributed by atoms with Crippen LogP contribution in [0.1, 0.15) is 39.1 Å². The Hall–Kier alpha value is -0.830. The Morgan fingerprint density at radius 3 is 2.93 bits per heavy atom. The van der Waals surface area contributed by atoms with Crippen LogP contribution in [-0.2, 0) is 18.5 Å². The van der Waals surface area contributed by atoms with Crippen LogP contribution < -0.4 is 5.32 Å². The maximum absolute atomic E-state index is 4.56. The van der Waals surface area contributed by atoms with Crippen LogP contribution in [0.4, 0.5) is 0 Å². The first kappa shape index (κ1) is 10.7. The van der Waals surface area contributed by atoms with Crippen molar-refractivity contribution in [3.63, 3.8) is 0 Å². The number of rotatable bonds is 2. The Morgan fingerprint density at radius 1 is 1.53 bits per heavy atom. The van der Waals surface area contributed by atoms with Gasteiger partial charge in [0.05, 0.1) is 17.6 Å². The van der Waals surface area contributed by atoms with Crippen LogP contribution in [0.5, 0.6) is 0 Å². The Labute approximate surface area is 91.9 Å². The highest BCUT2D eigenvalue weighted by Crippen LogP contribution is 2.26. The lowest BCUT2D eigenvalue weighted by Crippen LogP contribution is -2.43. The van der Waals surface area contributed by atoms with Gasteiger partial charge in [0.2, 0.25) is 0 Å². The molecule has 0 amide bonds. The normalized spacial score (nSPS) is 19.3. The monoisotopic (exact) mass is 207 g/mol. The lowest BCUT2D eigenvalue weighted by Gasteiger charge is -2.31. The van der Waals surface area contributed by atoms with Gasteiger partial charge in [-0.25, -0.2) is 4.98 Å². The highest BCUT2D eigenvalue weighted by Gasteiger charge is 2.30. The molecule has 0 aromatic carbocycles. The average molecular weight is 207 g/mol. The number of nitrogens with one attached hydrogen (secondary N) is 1. The van der Waals surface area contributed by atoms with Crippen molar-refractivity contribution in [1.29, 1.82) is 0 Å². The predicted molar refractivity (Wildman–Crippen MR) is 61.8 cm³/mol. The molecule has 0 radical (unpaired) electrons. The van der Waals surface area contributed by atoms with Crippen molar-refractivity contribution in [2.75, 3.05) is 6.54 Å². The first-order chi connectivity index (χ1) is 7.00. The van der Waals surface area contributed by atoms with E-state index in [4.69, 9.17) is 0 Å². The van der Waals surface area contributed by atoms with E-state index < -0.39 is 0 Å². The van der Waals surface area contributed by atoms with Crippen LogP contribution in [0.3, 0.4) is 0 Å². The first-order valence-electron chi connectivity index (χ1n) is 5.80. The third kappa shape index (κ3) is 1.93. The van der Waals surface area contributed by atoms with Gasteiger partial charge in [0.25, 0.3) is 0 Å². The lowest BCUT2D eigenvalue weighted by atomic mass is 9.93. The molecule has 3 nitrogen and oxygen atoms in total. The Kier molecular flexibility index (Phi) is 2.59. The number of fused-ring (bicyclic) bond motifs is 1. The minimum absolute atomic E-state index is 0.0375.